The molecule has 0 radical (unpaired) electrons. The van der Waals surface area contributed by atoms with Gasteiger partial charge in [-0.05, 0) is 30.7 Å². The number of ether oxygens (including phenoxy) is 1. The molecule has 1 amide bonds. The molecule has 0 saturated heterocycles. The largest absolute Gasteiger partial charge is 0.497 e. The summed E-state index contributed by atoms with van der Waals surface area (Å²) in [6.45, 7) is 1.91. The van der Waals surface area contributed by atoms with Gasteiger partial charge in [0.25, 0.3) is 0 Å². The fourth-order valence-electron chi connectivity index (χ4n) is 2.70. The van der Waals surface area contributed by atoms with E-state index in [0.717, 1.165) is 22.3 Å². The predicted molar refractivity (Wildman–Crippen MR) is 94.5 cm³/mol. The molecule has 5 heteroatoms. The minimum absolute atomic E-state index is 0.0825. The summed E-state index contributed by atoms with van der Waals surface area (Å²) < 4.78 is 10.7. The van der Waals surface area contributed by atoms with Gasteiger partial charge in [0.1, 0.15) is 11.3 Å². The molecule has 1 unspecified atom stereocenters. The van der Waals surface area contributed by atoms with Gasteiger partial charge < -0.3 is 14.5 Å². The number of furan rings is 1. The monoisotopic (exact) mass is 343 g/mol. The highest BCUT2D eigenvalue weighted by molar-refractivity contribution is 6.31. The zero-order valence-electron chi connectivity index (χ0n) is 13.5. The van der Waals surface area contributed by atoms with Crippen LogP contribution in [0.1, 0.15) is 24.1 Å². The van der Waals surface area contributed by atoms with Gasteiger partial charge in [0.15, 0.2) is 0 Å². The van der Waals surface area contributed by atoms with Crippen LogP contribution in [-0.4, -0.2) is 13.0 Å². The summed E-state index contributed by atoms with van der Waals surface area (Å²) in [5.74, 6) is 0.640. The molecule has 0 aliphatic rings. The topological polar surface area (TPSA) is 51.5 Å². The first-order valence-electron chi connectivity index (χ1n) is 7.66. The Morgan fingerprint density at radius 2 is 2.08 bits per heavy atom. The molecule has 4 nitrogen and oxygen atoms in total. The van der Waals surface area contributed by atoms with Crippen molar-refractivity contribution in [3.8, 4) is 5.75 Å². The van der Waals surface area contributed by atoms with Crippen molar-refractivity contribution in [1.29, 1.82) is 0 Å². The third-order valence-electron chi connectivity index (χ3n) is 3.96. The Labute approximate surface area is 145 Å². The second-order valence-electron chi connectivity index (χ2n) is 5.61. The number of hydrogen-bond acceptors (Lipinski definition) is 3. The Morgan fingerprint density at radius 3 is 2.83 bits per heavy atom. The maximum absolute atomic E-state index is 12.4. The lowest BCUT2D eigenvalue weighted by Gasteiger charge is -2.15. The van der Waals surface area contributed by atoms with E-state index in [-0.39, 0.29) is 18.4 Å². The van der Waals surface area contributed by atoms with Gasteiger partial charge >= 0.3 is 0 Å². The molecule has 1 aromatic heterocycles. The van der Waals surface area contributed by atoms with Crippen LogP contribution in [0.5, 0.6) is 5.75 Å². The van der Waals surface area contributed by atoms with Gasteiger partial charge in [0.05, 0.1) is 25.8 Å². The zero-order valence-corrected chi connectivity index (χ0v) is 14.3. The number of benzene rings is 2. The second kappa shape index (κ2) is 6.97. The van der Waals surface area contributed by atoms with E-state index in [4.69, 9.17) is 20.8 Å². The summed E-state index contributed by atoms with van der Waals surface area (Å²) in [4.78, 5) is 12.4. The van der Waals surface area contributed by atoms with E-state index in [0.29, 0.717) is 10.6 Å². The lowest BCUT2D eigenvalue weighted by molar-refractivity contribution is -0.121. The molecule has 24 heavy (non-hydrogen) atoms. The summed E-state index contributed by atoms with van der Waals surface area (Å²) in [6, 6.07) is 12.9. The zero-order chi connectivity index (χ0) is 17.1. The van der Waals surface area contributed by atoms with E-state index in [9.17, 15) is 4.79 Å². The normalized spacial score (nSPS) is 12.1. The highest BCUT2D eigenvalue weighted by Gasteiger charge is 2.15. The van der Waals surface area contributed by atoms with Crippen molar-refractivity contribution in [3.63, 3.8) is 0 Å². The van der Waals surface area contributed by atoms with Crippen LogP contribution in [-0.2, 0) is 11.2 Å². The number of hydrogen-bond donors (Lipinski definition) is 1. The van der Waals surface area contributed by atoms with Crippen LogP contribution in [0.3, 0.4) is 0 Å². The van der Waals surface area contributed by atoms with Crippen molar-refractivity contribution in [3.05, 3.63) is 64.9 Å². The Balaban J connectivity index is 1.72. The number of rotatable bonds is 5. The van der Waals surface area contributed by atoms with E-state index in [1.165, 1.54) is 0 Å². The van der Waals surface area contributed by atoms with Gasteiger partial charge in [0.2, 0.25) is 5.91 Å². The average Bonchev–Trinajstić information content (AvgIpc) is 2.97. The van der Waals surface area contributed by atoms with Crippen molar-refractivity contribution in [1.82, 2.24) is 5.32 Å². The Kier molecular flexibility index (Phi) is 4.76. The van der Waals surface area contributed by atoms with Crippen LogP contribution in [0, 0.1) is 0 Å². The van der Waals surface area contributed by atoms with Gasteiger partial charge in [-0.1, -0.05) is 29.8 Å². The molecular formula is C19H18ClNO3. The fourth-order valence-corrected chi connectivity index (χ4v) is 3.00. The van der Waals surface area contributed by atoms with Crippen LogP contribution in [0.4, 0.5) is 0 Å². The third kappa shape index (κ3) is 3.39. The SMILES string of the molecule is COc1ccc2c(CC(=O)NC(C)c3ccccc3Cl)coc2c1. The molecular weight excluding hydrogens is 326 g/mol. The summed E-state index contributed by atoms with van der Waals surface area (Å²) in [7, 11) is 1.61. The first-order valence-corrected chi connectivity index (χ1v) is 8.04. The number of nitrogens with one attached hydrogen (secondary N) is 1. The molecule has 0 bridgehead atoms. The Morgan fingerprint density at radius 1 is 1.29 bits per heavy atom. The number of carbonyl (C=O) groups is 1. The van der Waals surface area contributed by atoms with Gasteiger partial charge in [-0.2, -0.15) is 0 Å². The molecule has 0 spiro atoms. The molecule has 0 saturated carbocycles. The lowest BCUT2D eigenvalue weighted by atomic mass is 10.1. The highest BCUT2D eigenvalue weighted by Crippen LogP contribution is 2.26. The maximum Gasteiger partial charge on any atom is 0.225 e. The predicted octanol–water partition coefficient (Wildman–Crippen LogP) is 4.51. The summed E-state index contributed by atoms with van der Waals surface area (Å²) in [5.41, 5.74) is 2.45. The molecule has 3 rings (SSSR count). The van der Waals surface area contributed by atoms with Crippen molar-refractivity contribution in [2.45, 2.75) is 19.4 Å². The lowest BCUT2D eigenvalue weighted by Crippen LogP contribution is -2.28. The van der Waals surface area contributed by atoms with E-state index in [1.807, 2.05) is 49.4 Å². The van der Waals surface area contributed by atoms with Crippen LogP contribution in [0.2, 0.25) is 5.02 Å². The minimum atomic E-state index is -0.163. The first-order chi connectivity index (χ1) is 11.6. The van der Waals surface area contributed by atoms with Crippen molar-refractivity contribution < 1.29 is 13.9 Å². The summed E-state index contributed by atoms with van der Waals surface area (Å²) >= 11 is 6.17. The molecule has 2 aromatic carbocycles. The van der Waals surface area contributed by atoms with Gasteiger partial charge in [-0.3, -0.25) is 4.79 Å². The van der Waals surface area contributed by atoms with Crippen molar-refractivity contribution >= 4 is 28.5 Å². The first kappa shape index (κ1) is 16.4. The minimum Gasteiger partial charge on any atom is -0.497 e. The molecule has 1 N–H and O–H groups in total. The van der Waals surface area contributed by atoms with E-state index >= 15 is 0 Å². The number of amides is 1. The molecule has 124 valence electrons. The number of fused-ring (bicyclic) bond motifs is 1. The average molecular weight is 344 g/mol. The van der Waals surface area contributed by atoms with Crippen LogP contribution < -0.4 is 10.1 Å². The number of carbonyl (C=O) groups excluding carboxylic acids is 1. The standard InChI is InChI=1S/C19H18ClNO3/c1-12(15-5-3-4-6-17(15)20)21-19(22)9-13-11-24-18-10-14(23-2)7-8-16(13)18/h3-8,10-12H,9H2,1-2H3,(H,21,22). The number of methoxy groups -OCH3 is 1. The summed E-state index contributed by atoms with van der Waals surface area (Å²) in [5, 5.41) is 4.53. The van der Waals surface area contributed by atoms with E-state index < -0.39 is 0 Å². The molecule has 1 heterocycles. The quantitative estimate of drug-likeness (QED) is 0.741. The summed E-state index contributed by atoms with van der Waals surface area (Å²) in [6.07, 6.45) is 1.86. The molecule has 3 aromatic rings. The van der Waals surface area contributed by atoms with Crippen LogP contribution >= 0.6 is 11.6 Å². The highest BCUT2D eigenvalue weighted by atomic mass is 35.5. The third-order valence-corrected chi connectivity index (χ3v) is 4.31. The van der Waals surface area contributed by atoms with E-state index in [2.05, 4.69) is 5.32 Å². The van der Waals surface area contributed by atoms with Crippen molar-refractivity contribution in [2.24, 2.45) is 0 Å². The van der Waals surface area contributed by atoms with Gasteiger partial charge in [0, 0.05) is 22.0 Å². The Hall–Kier alpha value is -2.46. The van der Waals surface area contributed by atoms with Crippen molar-refractivity contribution in [2.75, 3.05) is 7.11 Å². The molecule has 0 aliphatic heterocycles. The van der Waals surface area contributed by atoms with Crippen LogP contribution in [0.15, 0.2) is 53.1 Å². The fraction of sp³-hybridized carbons (Fsp3) is 0.211. The Bertz CT molecular complexity index is 872. The van der Waals surface area contributed by atoms with Gasteiger partial charge in [-0.25, -0.2) is 0 Å². The van der Waals surface area contributed by atoms with Gasteiger partial charge in [-0.15, -0.1) is 0 Å². The maximum atomic E-state index is 12.4. The molecule has 1 atom stereocenters. The van der Waals surface area contributed by atoms with E-state index in [1.54, 1.807) is 13.4 Å². The molecule has 0 aliphatic carbocycles. The smallest absolute Gasteiger partial charge is 0.225 e. The second-order valence-corrected chi connectivity index (χ2v) is 6.02. The molecule has 0 fully saturated rings. The van der Waals surface area contributed by atoms with Crippen LogP contribution in [0.25, 0.3) is 11.0 Å². The number of halogens is 1.